The molecule has 2 aromatic rings. The maximum atomic E-state index is 12.6. The largest absolute Gasteiger partial charge is 0.454 e. The molecule has 0 atom stereocenters. The van der Waals surface area contributed by atoms with Crippen LogP contribution in [-0.2, 0) is 11.3 Å². The van der Waals surface area contributed by atoms with E-state index in [0.717, 1.165) is 87.6 Å². The van der Waals surface area contributed by atoms with Crippen molar-refractivity contribution < 1.29 is 19.1 Å². The first-order valence-electron chi connectivity index (χ1n) is 12.7. The molecule has 2 saturated heterocycles. The number of piperidine rings is 1. The average Bonchev–Trinajstić information content (AvgIpc) is 3.54. The minimum Gasteiger partial charge on any atom is -0.454 e. The van der Waals surface area contributed by atoms with E-state index in [2.05, 4.69) is 15.5 Å². The van der Waals surface area contributed by atoms with Gasteiger partial charge >= 0.3 is 0 Å². The van der Waals surface area contributed by atoms with Gasteiger partial charge in [0.15, 0.2) is 11.5 Å². The molecule has 5 rings (SSSR count). The molecule has 3 aliphatic rings. The topological polar surface area (TPSA) is 83.1 Å². The Balaban J connectivity index is 1.02. The molecule has 0 saturated carbocycles. The monoisotopic (exact) mass is 478 g/mol. The highest BCUT2D eigenvalue weighted by Gasteiger charge is 2.21. The van der Waals surface area contributed by atoms with Crippen LogP contribution in [0.2, 0.25) is 0 Å². The van der Waals surface area contributed by atoms with E-state index in [1.54, 1.807) is 0 Å². The maximum absolute atomic E-state index is 12.6. The molecule has 186 valence electrons. The van der Waals surface area contributed by atoms with Crippen molar-refractivity contribution in [3.05, 3.63) is 53.6 Å². The molecule has 8 heteroatoms. The fourth-order valence-corrected chi connectivity index (χ4v) is 5.02. The highest BCUT2D eigenvalue weighted by Crippen LogP contribution is 2.32. The summed E-state index contributed by atoms with van der Waals surface area (Å²) in [4.78, 5) is 28.7. The van der Waals surface area contributed by atoms with E-state index in [1.807, 2.05) is 47.4 Å². The summed E-state index contributed by atoms with van der Waals surface area (Å²) in [5.74, 6) is 1.68. The molecule has 0 bridgehead atoms. The Morgan fingerprint density at radius 2 is 1.80 bits per heavy atom. The third-order valence-electron chi connectivity index (χ3n) is 7.09. The molecule has 0 unspecified atom stereocenters. The van der Waals surface area contributed by atoms with Crippen molar-refractivity contribution >= 4 is 17.5 Å². The Morgan fingerprint density at radius 3 is 2.57 bits per heavy atom. The maximum Gasteiger partial charge on any atom is 0.251 e. The molecule has 0 aromatic heterocycles. The number of nitrogens with zero attached hydrogens (tertiary/aromatic N) is 2. The second kappa shape index (κ2) is 11.0. The molecule has 2 N–H and O–H groups in total. The van der Waals surface area contributed by atoms with Crippen LogP contribution >= 0.6 is 0 Å². The number of fused-ring (bicyclic) bond motifs is 1. The number of carbonyl (C=O) groups is 2. The van der Waals surface area contributed by atoms with E-state index in [9.17, 15) is 9.59 Å². The number of hydrogen-bond donors (Lipinski definition) is 2. The lowest BCUT2D eigenvalue weighted by Crippen LogP contribution is -2.43. The van der Waals surface area contributed by atoms with Gasteiger partial charge in [0.25, 0.3) is 5.91 Å². The van der Waals surface area contributed by atoms with Crippen LogP contribution in [0.25, 0.3) is 0 Å². The summed E-state index contributed by atoms with van der Waals surface area (Å²) in [5, 5.41) is 6.64. The first-order chi connectivity index (χ1) is 17.2. The highest BCUT2D eigenvalue weighted by molar-refractivity contribution is 5.94. The second-order valence-corrected chi connectivity index (χ2v) is 9.47. The number of rotatable bonds is 9. The number of likely N-dealkylation sites (tertiary alicyclic amines) is 1. The molecule has 2 aromatic carbocycles. The average molecular weight is 479 g/mol. The van der Waals surface area contributed by atoms with Crippen molar-refractivity contribution in [1.29, 1.82) is 0 Å². The van der Waals surface area contributed by atoms with Crippen LogP contribution in [0.1, 0.15) is 48.0 Å². The molecular weight excluding hydrogens is 444 g/mol. The third kappa shape index (κ3) is 5.88. The van der Waals surface area contributed by atoms with Gasteiger partial charge in [0, 0.05) is 56.4 Å². The van der Waals surface area contributed by atoms with Crippen LogP contribution in [0.4, 0.5) is 5.69 Å². The summed E-state index contributed by atoms with van der Waals surface area (Å²) >= 11 is 0. The van der Waals surface area contributed by atoms with Gasteiger partial charge in [0.2, 0.25) is 12.7 Å². The zero-order chi connectivity index (χ0) is 24.0. The van der Waals surface area contributed by atoms with E-state index in [1.165, 1.54) is 0 Å². The summed E-state index contributed by atoms with van der Waals surface area (Å²) in [6.45, 7) is 5.44. The summed E-state index contributed by atoms with van der Waals surface area (Å²) in [5.41, 5.74) is 2.78. The van der Waals surface area contributed by atoms with Crippen molar-refractivity contribution in [3.63, 3.8) is 0 Å². The molecule has 2 amide bonds. The van der Waals surface area contributed by atoms with E-state index in [0.29, 0.717) is 24.1 Å². The first-order valence-corrected chi connectivity index (χ1v) is 12.7. The van der Waals surface area contributed by atoms with Gasteiger partial charge in [-0.2, -0.15) is 0 Å². The van der Waals surface area contributed by atoms with Gasteiger partial charge in [0.05, 0.1) is 0 Å². The van der Waals surface area contributed by atoms with Crippen molar-refractivity contribution in [2.75, 3.05) is 44.4 Å². The predicted molar refractivity (Wildman–Crippen MR) is 134 cm³/mol. The Labute approximate surface area is 206 Å². The van der Waals surface area contributed by atoms with Gasteiger partial charge in [0.1, 0.15) is 0 Å². The molecule has 2 fully saturated rings. The normalized spacial score (nSPS) is 17.8. The molecule has 3 heterocycles. The number of hydrogen-bond acceptors (Lipinski definition) is 6. The minimum absolute atomic E-state index is 0.0900. The number of benzene rings is 2. The Hall–Kier alpha value is -3.26. The number of anilines is 1. The molecular formula is C27H34N4O4. The van der Waals surface area contributed by atoms with Crippen molar-refractivity contribution in [3.8, 4) is 11.5 Å². The van der Waals surface area contributed by atoms with Crippen molar-refractivity contribution in [2.45, 2.75) is 44.7 Å². The first kappa shape index (κ1) is 23.5. The summed E-state index contributed by atoms with van der Waals surface area (Å²) < 4.78 is 10.7. The molecule has 0 spiro atoms. The molecule has 8 nitrogen and oxygen atoms in total. The van der Waals surface area contributed by atoms with Crippen LogP contribution < -0.4 is 25.0 Å². The van der Waals surface area contributed by atoms with Gasteiger partial charge in [-0.3, -0.25) is 9.59 Å². The van der Waals surface area contributed by atoms with Crippen LogP contribution in [0.5, 0.6) is 11.5 Å². The van der Waals surface area contributed by atoms with Crippen molar-refractivity contribution in [2.24, 2.45) is 0 Å². The molecule has 0 radical (unpaired) electrons. The fraction of sp³-hybridized carbons (Fsp3) is 0.481. The van der Waals surface area contributed by atoms with E-state index in [4.69, 9.17) is 9.47 Å². The second-order valence-electron chi connectivity index (χ2n) is 9.47. The molecule has 35 heavy (non-hydrogen) atoms. The van der Waals surface area contributed by atoms with Crippen LogP contribution in [0.3, 0.4) is 0 Å². The molecule has 3 aliphatic heterocycles. The predicted octanol–water partition coefficient (Wildman–Crippen LogP) is 2.92. The van der Waals surface area contributed by atoms with Crippen molar-refractivity contribution in [1.82, 2.24) is 15.5 Å². The van der Waals surface area contributed by atoms with E-state index < -0.39 is 0 Å². The van der Waals surface area contributed by atoms with Crippen LogP contribution in [0, 0.1) is 0 Å². The van der Waals surface area contributed by atoms with Crippen LogP contribution in [0.15, 0.2) is 42.5 Å². The highest BCUT2D eigenvalue weighted by atomic mass is 16.7. The third-order valence-corrected chi connectivity index (χ3v) is 7.09. The standard InChI is InChI=1S/C27H34N4O4/c32-26-3-1-13-31(26)14-2-12-28-22-10-15-30(16-11-22)23-7-5-21(6-8-23)27(33)29-18-20-4-9-24-25(17-20)35-19-34-24/h4-9,17,22,28H,1-3,10-16,18-19H2,(H,29,33). The SMILES string of the molecule is O=C(NCc1ccc2c(c1)OCO2)c1ccc(N2CCC(NCCCN3CCCC3=O)CC2)cc1. The smallest absolute Gasteiger partial charge is 0.251 e. The number of ether oxygens (including phenoxy) is 2. The number of nitrogens with one attached hydrogen (secondary N) is 2. The number of carbonyl (C=O) groups excluding carboxylic acids is 2. The van der Waals surface area contributed by atoms with Gasteiger partial charge in [-0.05, 0) is 74.2 Å². The summed E-state index contributed by atoms with van der Waals surface area (Å²) in [6.07, 6.45) is 4.95. The Bertz CT molecular complexity index is 1030. The van der Waals surface area contributed by atoms with E-state index >= 15 is 0 Å². The Kier molecular flexibility index (Phi) is 7.37. The number of amides is 2. The zero-order valence-corrected chi connectivity index (χ0v) is 20.1. The lowest BCUT2D eigenvalue weighted by atomic mass is 10.0. The van der Waals surface area contributed by atoms with Gasteiger partial charge in [-0.1, -0.05) is 6.07 Å². The quantitative estimate of drug-likeness (QED) is 0.540. The van der Waals surface area contributed by atoms with E-state index in [-0.39, 0.29) is 12.7 Å². The lowest BCUT2D eigenvalue weighted by molar-refractivity contribution is -0.127. The van der Waals surface area contributed by atoms with Gasteiger partial charge in [-0.25, -0.2) is 0 Å². The van der Waals surface area contributed by atoms with Crippen LogP contribution in [-0.4, -0.2) is 62.3 Å². The van der Waals surface area contributed by atoms with Gasteiger partial charge < -0.3 is 29.9 Å². The molecule has 0 aliphatic carbocycles. The Morgan fingerprint density at radius 1 is 1.00 bits per heavy atom. The minimum atomic E-state index is -0.0900. The summed E-state index contributed by atoms with van der Waals surface area (Å²) in [7, 11) is 0. The zero-order valence-electron chi connectivity index (χ0n) is 20.1. The fourth-order valence-electron chi connectivity index (χ4n) is 5.02. The van der Waals surface area contributed by atoms with Gasteiger partial charge in [-0.15, -0.1) is 0 Å². The summed E-state index contributed by atoms with van der Waals surface area (Å²) in [6, 6.07) is 14.1. The lowest BCUT2D eigenvalue weighted by Gasteiger charge is -2.34.